The highest BCUT2D eigenvalue weighted by Crippen LogP contribution is 2.34. The summed E-state index contributed by atoms with van der Waals surface area (Å²) in [5.74, 6) is 0.514. The van der Waals surface area contributed by atoms with E-state index < -0.39 is 0 Å². The summed E-state index contributed by atoms with van der Waals surface area (Å²) in [4.78, 5) is 12.6. The molecule has 0 N–H and O–H groups in total. The fraction of sp³-hybridized carbons (Fsp3) is 0.444. The van der Waals surface area contributed by atoms with E-state index in [1.165, 1.54) is 0 Å². The Hall–Kier alpha value is -1.90. The van der Waals surface area contributed by atoms with E-state index in [0.29, 0.717) is 0 Å². The maximum absolute atomic E-state index is 12.6. The summed E-state index contributed by atoms with van der Waals surface area (Å²) in [6.45, 7) is 2.88. The normalized spacial score (nSPS) is 24.7. The molecule has 1 aliphatic heterocycles. The lowest BCUT2D eigenvalue weighted by Crippen LogP contribution is -2.45. The molecule has 0 aromatic heterocycles. The summed E-state index contributed by atoms with van der Waals surface area (Å²) >= 11 is 0. The monoisotopic (exact) mass is 282 g/mol. The number of hydrogen-bond acceptors (Lipinski definition) is 2. The van der Waals surface area contributed by atoms with Crippen molar-refractivity contribution in [3.63, 3.8) is 0 Å². The van der Waals surface area contributed by atoms with Gasteiger partial charge in [0, 0.05) is 12.5 Å². The molecule has 2 atom stereocenters. The molecular weight excluding hydrogens is 260 g/mol. The van der Waals surface area contributed by atoms with E-state index in [0.717, 1.165) is 43.5 Å². The van der Waals surface area contributed by atoms with Gasteiger partial charge in [-0.2, -0.15) is 5.10 Å². The molecule has 0 spiro atoms. The van der Waals surface area contributed by atoms with Crippen LogP contribution < -0.4 is 0 Å². The topological polar surface area (TPSA) is 32.7 Å². The minimum absolute atomic E-state index is 0.0690. The number of hydrazone groups is 1. The Morgan fingerprint density at radius 3 is 2.57 bits per heavy atom. The molecule has 1 amide bonds. The van der Waals surface area contributed by atoms with Crippen LogP contribution in [0.1, 0.15) is 38.2 Å². The molecule has 0 fully saturated rings. The third kappa shape index (κ3) is 2.78. The van der Waals surface area contributed by atoms with Gasteiger partial charge in [-0.05, 0) is 24.8 Å². The summed E-state index contributed by atoms with van der Waals surface area (Å²) in [7, 11) is 0. The number of carbonyl (C=O) groups excluding carboxylic acids is 1. The number of carbonyl (C=O) groups is 1. The maximum atomic E-state index is 12.6. The van der Waals surface area contributed by atoms with E-state index >= 15 is 0 Å². The van der Waals surface area contributed by atoms with E-state index in [1.54, 1.807) is 5.01 Å². The third-order valence-corrected chi connectivity index (χ3v) is 4.38. The van der Waals surface area contributed by atoms with Crippen LogP contribution in [-0.4, -0.2) is 23.2 Å². The second-order valence-electron chi connectivity index (χ2n) is 5.82. The van der Waals surface area contributed by atoms with Crippen molar-refractivity contribution >= 4 is 11.6 Å². The summed E-state index contributed by atoms with van der Waals surface area (Å²) in [6.07, 6.45) is 8.18. The van der Waals surface area contributed by atoms with Gasteiger partial charge in [0.1, 0.15) is 0 Å². The van der Waals surface area contributed by atoms with Crippen molar-refractivity contribution in [2.75, 3.05) is 6.54 Å². The molecule has 0 saturated carbocycles. The SMILES string of the molecule is CCCCN1N=C(c2ccccc2)[C@@H]2CC=CC[C@@H]2C1=O. The van der Waals surface area contributed by atoms with Crippen molar-refractivity contribution < 1.29 is 4.79 Å². The third-order valence-electron chi connectivity index (χ3n) is 4.38. The van der Waals surface area contributed by atoms with Gasteiger partial charge < -0.3 is 0 Å². The number of benzene rings is 1. The molecule has 21 heavy (non-hydrogen) atoms. The number of unbranched alkanes of at least 4 members (excludes halogenated alkanes) is 1. The molecule has 0 radical (unpaired) electrons. The minimum atomic E-state index is 0.0690. The molecule has 3 rings (SSSR count). The largest absolute Gasteiger partial charge is 0.273 e. The van der Waals surface area contributed by atoms with Crippen molar-refractivity contribution in [3.8, 4) is 0 Å². The fourth-order valence-electron chi connectivity index (χ4n) is 3.18. The second-order valence-corrected chi connectivity index (χ2v) is 5.82. The molecular formula is C18H22N2O. The molecule has 2 aliphatic rings. The number of nitrogens with zero attached hydrogens (tertiary/aromatic N) is 2. The van der Waals surface area contributed by atoms with Gasteiger partial charge in [-0.15, -0.1) is 0 Å². The predicted octanol–water partition coefficient (Wildman–Crippen LogP) is 3.62. The molecule has 3 nitrogen and oxygen atoms in total. The zero-order chi connectivity index (χ0) is 14.7. The van der Waals surface area contributed by atoms with Gasteiger partial charge in [0.15, 0.2) is 0 Å². The lowest BCUT2D eigenvalue weighted by Gasteiger charge is -2.37. The Balaban J connectivity index is 1.96. The van der Waals surface area contributed by atoms with Crippen LogP contribution >= 0.6 is 0 Å². The summed E-state index contributed by atoms with van der Waals surface area (Å²) < 4.78 is 0. The van der Waals surface area contributed by atoms with Gasteiger partial charge in [0.05, 0.1) is 11.6 Å². The van der Waals surface area contributed by atoms with Crippen molar-refractivity contribution in [1.29, 1.82) is 0 Å². The highest BCUT2D eigenvalue weighted by Gasteiger charge is 2.39. The van der Waals surface area contributed by atoms with Gasteiger partial charge >= 0.3 is 0 Å². The van der Waals surface area contributed by atoms with Crippen LogP contribution in [0.2, 0.25) is 0 Å². The number of hydrogen-bond donors (Lipinski definition) is 0. The van der Waals surface area contributed by atoms with Crippen molar-refractivity contribution in [2.24, 2.45) is 16.9 Å². The zero-order valence-corrected chi connectivity index (χ0v) is 12.5. The van der Waals surface area contributed by atoms with Crippen LogP contribution in [0.25, 0.3) is 0 Å². The Morgan fingerprint density at radius 2 is 1.86 bits per heavy atom. The average Bonchev–Trinajstić information content (AvgIpc) is 2.55. The van der Waals surface area contributed by atoms with Gasteiger partial charge in [-0.3, -0.25) is 4.79 Å². The molecule has 1 aromatic rings. The van der Waals surface area contributed by atoms with E-state index in [9.17, 15) is 4.79 Å². The molecule has 110 valence electrons. The molecule has 0 bridgehead atoms. The lowest BCUT2D eigenvalue weighted by atomic mass is 9.76. The first kappa shape index (κ1) is 14.1. The first-order chi connectivity index (χ1) is 10.3. The smallest absolute Gasteiger partial charge is 0.246 e. The Kier molecular flexibility index (Phi) is 4.18. The number of rotatable bonds is 4. The van der Waals surface area contributed by atoms with Crippen LogP contribution in [0.3, 0.4) is 0 Å². The van der Waals surface area contributed by atoms with Crippen LogP contribution in [0, 0.1) is 11.8 Å². The van der Waals surface area contributed by atoms with Crippen molar-refractivity contribution in [1.82, 2.24) is 5.01 Å². The molecule has 1 aromatic carbocycles. The molecule has 3 heteroatoms. The van der Waals surface area contributed by atoms with Crippen LogP contribution in [0.15, 0.2) is 47.6 Å². The van der Waals surface area contributed by atoms with Crippen LogP contribution in [-0.2, 0) is 4.79 Å². The number of allylic oxidation sites excluding steroid dienone is 2. The van der Waals surface area contributed by atoms with Crippen molar-refractivity contribution in [3.05, 3.63) is 48.0 Å². The van der Waals surface area contributed by atoms with Crippen LogP contribution in [0.5, 0.6) is 0 Å². The summed E-state index contributed by atoms with van der Waals surface area (Å²) in [5.41, 5.74) is 2.23. The van der Waals surface area contributed by atoms with Gasteiger partial charge in [0.25, 0.3) is 0 Å². The summed E-state index contributed by atoms with van der Waals surface area (Å²) in [6, 6.07) is 10.3. The standard InChI is InChI=1S/C18H22N2O/c1-2-3-13-20-18(21)16-12-8-7-11-15(16)17(19-20)14-9-5-4-6-10-14/h4-10,15-16H,2-3,11-13H2,1H3/t15-,16+/m1/s1. The highest BCUT2D eigenvalue weighted by molar-refractivity contribution is 6.06. The Morgan fingerprint density at radius 1 is 1.14 bits per heavy atom. The quantitative estimate of drug-likeness (QED) is 0.776. The Labute approximate surface area is 126 Å². The van der Waals surface area contributed by atoms with Gasteiger partial charge in [-0.25, -0.2) is 5.01 Å². The van der Waals surface area contributed by atoms with E-state index in [4.69, 9.17) is 5.10 Å². The average molecular weight is 282 g/mol. The first-order valence-corrected chi connectivity index (χ1v) is 7.91. The molecule has 1 aliphatic carbocycles. The van der Waals surface area contributed by atoms with Crippen molar-refractivity contribution in [2.45, 2.75) is 32.6 Å². The molecule has 0 unspecified atom stereocenters. The highest BCUT2D eigenvalue weighted by atomic mass is 16.2. The number of amides is 1. The van der Waals surface area contributed by atoms with E-state index in [1.807, 2.05) is 18.2 Å². The van der Waals surface area contributed by atoms with E-state index in [2.05, 4.69) is 31.2 Å². The minimum Gasteiger partial charge on any atom is -0.273 e. The molecule has 0 saturated heterocycles. The Bertz CT molecular complexity index is 562. The maximum Gasteiger partial charge on any atom is 0.246 e. The van der Waals surface area contributed by atoms with E-state index in [-0.39, 0.29) is 17.7 Å². The predicted molar refractivity (Wildman–Crippen MR) is 85.0 cm³/mol. The molecule has 1 heterocycles. The second kappa shape index (κ2) is 6.25. The van der Waals surface area contributed by atoms with Gasteiger partial charge in [0.2, 0.25) is 5.91 Å². The first-order valence-electron chi connectivity index (χ1n) is 7.91. The summed E-state index contributed by atoms with van der Waals surface area (Å²) in [5, 5.41) is 6.44. The fourth-order valence-corrected chi connectivity index (χ4v) is 3.18. The lowest BCUT2D eigenvalue weighted by molar-refractivity contribution is -0.137. The van der Waals surface area contributed by atoms with Gasteiger partial charge in [-0.1, -0.05) is 55.8 Å². The van der Waals surface area contributed by atoms with Crippen LogP contribution in [0.4, 0.5) is 0 Å². The zero-order valence-electron chi connectivity index (χ0n) is 12.5. The number of fused-ring (bicyclic) bond motifs is 1.